The number of nitrogen functional groups attached to an aromatic ring is 1. The number of hydrogen-bond donors (Lipinski definition) is 1. The molecule has 23 heavy (non-hydrogen) atoms. The van der Waals surface area contributed by atoms with Crippen LogP contribution in [0.15, 0.2) is 6.07 Å². The lowest BCUT2D eigenvalue weighted by molar-refractivity contribution is -0.0557. The molecule has 7 heteroatoms. The van der Waals surface area contributed by atoms with E-state index in [0.717, 1.165) is 44.0 Å². The molecule has 2 fully saturated rings. The first-order valence-corrected chi connectivity index (χ1v) is 8.47. The number of alkyl halides is 2. The maximum Gasteiger partial charge on any atom is 0.250 e. The molecule has 128 valence electrons. The normalized spacial score (nSPS) is 25.0. The first-order valence-electron chi connectivity index (χ1n) is 8.47. The fraction of sp³-hybridized carbons (Fsp3) is 0.750. The molecule has 1 atom stereocenters. The second-order valence-corrected chi connectivity index (χ2v) is 6.57. The lowest BCUT2D eigenvalue weighted by Gasteiger charge is -2.36. The summed E-state index contributed by atoms with van der Waals surface area (Å²) < 4.78 is 26.6. The maximum atomic E-state index is 13.3. The number of aryl methyl sites for hydroxylation is 1. The van der Waals surface area contributed by atoms with Crippen LogP contribution in [0.25, 0.3) is 0 Å². The van der Waals surface area contributed by atoms with E-state index >= 15 is 0 Å². The van der Waals surface area contributed by atoms with Crippen molar-refractivity contribution >= 4 is 11.6 Å². The number of likely N-dealkylation sites (tertiary alicyclic amines) is 1. The number of rotatable bonds is 4. The van der Waals surface area contributed by atoms with Gasteiger partial charge in [-0.05, 0) is 12.8 Å². The summed E-state index contributed by atoms with van der Waals surface area (Å²) in [6.45, 7) is 4.72. The number of halogens is 2. The van der Waals surface area contributed by atoms with Crippen molar-refractivity contribution in [2.45, 2.75) is 51.0 Å². The van der Waals surface area contributed by atoms with Gasteiger partial charge in [-0.25, -0.2) is 18.7 Å². The SMILES string of the molecule is CCc1nc(N)cc(N2CCC[C@H]2CN2CCC(F)(F)CC2)n1. The highest BCUT2D eigenvalue weighted by atomic mass is 19.3. The Morgan fingerprint density at radius 3 is 2.70 bits per heavy atom. The molecule has 1 aromatic heterocycles. The van der Waals surface area contributed by atoms with Crippen LogP contribution in [0.1, 0.15) is 38.4 Å². The monoisotopic (exact) mass is 325 g/mol. The highest BCUT2D eigenvalue weighted by molar-refractivity contribution is 5.48. The predicted octanol–water partition coefficient (Wildman–Crippen LogP) is 2.32. The summed E-state index contributed by atoms with van der Waals surface area (Å²) in [5, 5.41) is 0. The number of piperidine rings is 1. The van der Waals surface area contributed by atoms with Crippen molar-refractivity contribution in [3.63, 3.8) is 0 Å². The minimum absolute atomic E-state index is 0.0276. The summed E-state index contributed by atoms with van der Waals surface area (Å²) in [6, 6.07) is 2.14. The zero-order chi connectivity index (χ0) is 16.4. The van der Waals surface area contributed by atoms with Gasteiger partial charge in [0.2, 0.25) is 0 Å². The molecule has 0 unspecified atom stereocenters. The van der Waals surface area contributed by atoms with E-state index in [4.69, 9.17) is 5.73 Å². The van der Waals surface area contributed by atoms with Crippen molar-refractivity contribution in [2.24, 2.45) is 0 Å². The summed E-state index contributed by atoms with van der Waals surface area (Å²) in [5.41, 5.74) is 5.89. The Labute approximate surface area is 135 Å². The molecule has 5 nitrogen and oxygen atoms in total. The number of nitrogens with zero attached hydrogens (tertiary/aromatic N) is 4. The second-order valence-electron chi connectivity index (χ2n) is 6.57. The molecule has 3 heterocycles. The van der Waals surface area contributed by atoms with E-state index < -0.39 is 5.92 Å². The Hall–Kier alpha value is -1.50. The third-order valence-electron chi connectivity index (χ3n) is 4.82. The van der Waals surface area contributed by atoms with Crippen molar-refractivity contribution in [3.05, 3.63) is 11.9 Å². The Bertz CT molecular complexity index is 541. The van der Waals surface area contributed by atoms with E-state index in [1.807, 2.05) is 13.0 Å². The quantitative estimate of drug-likeness (QED) is 0.921. The van der Waals surface area contributed by atoms with Crippen LogP contribution in [0.5, 0.6) is 0 Å². The van der Waals surface area contributed by atoms with Gasteiger partial charge in [-0.15, -0.1) is 0 Å². The van der Waals surface area contributed by atoms with E-state index in [1.54, 1.807) is 0 Å². The zero-order valence-electron chi connectivity index (χ0n) is 13.6. The van der Waals surface area contributed by atoms with Gasteiger partial charge in [0.15, 0.2) is 0 Å². The molecule has 0 spiro atoms. The minimum atomic E-state index is -2.48. The molecule has 2 saturated heterocycles. The summed E-state index contributed by atoms with van der Waals surface area (Å²) >= 11 is 0. The van der Waals surface area contributed by atoms with Crippen LogP contribution < -0.4 is 10.6 Å². The zero-order valence-corrected chi connectivity index (χ0v) is 13.6. The van der Waals surface area contributed by atoms with Crippen molar-refractivity contribution in [3.8, 4) is 0 Å². The molecule has 0 aromatic carbocycles. The Kier molecular flexibility index (Phi) is 4.66. The summed E-state index contributed by atoms with van der Waals surface area (Å²) in [5.74, 6) is -0.360. The van der Waals surface area contributed by atoms with Crippen LogP contribution in [0.2, 0.25) is 0 Å². The minimum Gasteiger partial charge on any atom is -0.384 e. The lowest BCUT2D eigenvalue weighted by Crippen LogP contribution is -2.46. The molecule has 1 aromatic rings. The smallest absolute Gasteiger partial charge is 0.250 e. The van der Waals surface area contributed by atoms with Gasteiger partial charge in [0.1, 0.15) is 17.5 Å². The molecular weight excluding hydrogens is 300 g/mol. The van der Waals surface area contributed by atoms with Crippen molar-refractivity contribution < 1.29 is 8.78 Å². The molecule has 3 rings (SSSR count). The Morgan fingerprint density at radius 2 is 2.00 bits per heavy atom. The van der Waals surface area contributed by atoms with Crippen LogP contribution in [-0.2, 0) is 6.42 Å². The van der Waals surface area contributed by atoms with Gasteiger partial charge < -0.3 is 15.5 Å². The molecule has 0 saturated carbocycles. The number of hydrogen-bond acceptors (Lipinski definition) is 5. The first-order chi connectivity index (χ1) is 11.0. The van der Waals surface area contributed by atoms with E-state index in [9.17, 15) is 8.78 Å². The van der Waals surface area contributed by atoms with Crippen molar-refractivity contribution in [1.82, 2.24) is 14.9 Å². The predicted molar refractivity (Wildman–Crippen MR) is 86.8 cm³/mol. The molecule has 0 radical (unpaired) electrons. The second kappa shape index (κ2) is 6.55. The van der Waals surface area contributed by atoms with Gasteiger partial charge in [0.25, 0.3) is 5.92 Å². The number of aromatic nitrogens is 2. The molecule has 2 N–H and O–H groups in total. The van der Waals surface area contributed by atoms with Gasteiger partial charge in [-0.1, -0.05) is 6.92 Å². The fourth-order valence-electron chi connectivity index (χ4n) is 3.50. The highest BCUT2D eigenvalue weighted by Gasteiger charge is 2.36. The van der Waals surface area contributed by atoms with Crippen LogP contribution in [-0.4, -0.2) is 53.0 Å². The standard InChI is InChI=1S/C16H25F2N5/c1-2-14-20-13(19)10-15(21-14)23-7-3-4-12(23)11-22-8-5-16(17,18)6-9-22/h10,12H,2-9,11H2,1H3,(H2,19,20,21)/t12-/m0/s1. The van der Waals surface area contributed by atoms with Crippen LogP contribution in [0.3, 0.4) is 0 Å². The molecule has 2 aliphatic rings. The van der Waals surface area contributed by atoms with Crippen molar-refractivity contribution in [2.75, 3.05) is 36.8 Å². The van der Waals surface area contributed by atoms with E-state index in [-0.39, 0.29) is 12.8 Å². The molecule has 2 aliphatic heterocycles. The Balaban J connectivity index is 1.67. The summed E-state index contributed by atoms with van der Waals surface area (Å²) in [7, 11) is 0. The third kappa shape index (κ3) is 3.88. The Morgan fingerprint density at radius 1 is 1.26 bits per heavy atom. The summed E-state index contributed by atoms with van der Waals surface area (Å²) in [4.78, 5) is 13.2. The average molecular weight is 325 g/mol. The molecule has 0 bridgehead atoms. The average Bonchev–Trinajstić information content (AvgIpc) is 2.97. The topological polar surface area (TPSA) is 58.3 Å². The van der Waals surface area contributed by atoms with E-state index in [1.165, 1.54) is 0 Å². The van der Waals surface area contributed by atoms with E-state index in [2.05, 4.69) is 19.8 Å². The first kappa shape index (κ1) is 16.4. The number of anilines is 2. The largest absolute Gasteiger partial charge is 0.384 e. The van der Waals surface area contributed by atoms with Crippen molar-refractivity contribution in [1.29, 1.82) is 0 Å². The highest BCUT2D eigenvalue weighted by Crippen LogP contribution is 2.30. The van der Waals surface area contributed by atoms with Gasteiger partial charge in [0, 0.05) is 57.5 Å². The maximum absolute atomic E-state index is 13.3. The third-order valence-corrected chi connectivity index (χ3v) is 4.82. The summed E-state index contributed by atoms with van der Waals surface area (Å²) in [6.07, 6.45) is 2.86. The van der Waals surface area contributed by atoms with Crippen LogP contribution >= 0.6 is 0 Å². The fourth-order valence-corrected chi connectivity index (χ4v) is 3.50. The molecule has 0 amide bonds. The van der Waals surface area contributed by atoms with Crippen LogP contribution in [0.4, 0.5) is 20.4 Å². The lowest BCUT2D eigenvalue weighted by atomic mass is 10.1. The van der Waals surface area contributed by atoms with Gasteiger partial charge in [0.05, 0.1) is 0 Å². The molecule has 0 aliphatic carbocycles. The number of nitrogens with two attached hydrogens (primary N) is 1. The van der Waals surface area contributed by atoms with E-state index in [0.29, 0.717) is 24.9 Å². The van der Waals surface area contributed by atoms with Crippen LogP contribution in [0, 0.1) is 0 Å². The van der Waals surface area contributed by atoms with Gasteiger partial charge in [-0.2, -0.15) is 0 Å². The van der Waals surface area contributed by atoms with Gasteiger partial charge in [-0.3, -0.25) is 0 Å². The van der Waals surface area contributed by atoms with Gasteiger partial charge >= 0.3 is 0 Å². The molecular formula is C16H25F2N5.